The standard InChI is InChI=1S/C32H30FN5O4S/c1-18-7-13-22(14-8-18)43(40,41)38-17-25(24-15-21(33)16-34-31(24)38)30-35-26-6-4-3-5-23(26)29(37-30)36-28-20-11-9-19(10-12-20)27(28)32(39)42-2/h3-8,13-17,19-20,27-28H,9-12H2,1-2H3,(H,35,36,37). The van der Waals surface area contributed by atoms with Crippen LogP contribution in [0.15, 0.2) is 71.9 Å². The molecule has 5 aromatic rings. The number of hydrogen-bond donors (Lipinski definition) is 1. The Morgan fingerprint density at radius 3 is 2.47 bits per heavy atom. The first-order valence-corrected chi connectivity index (χ1v) is 15.8. The predicted octanol–water partition coefficient (Wildman–Crippen LogP) is 5.72. The van der Waals surface area contributed by atoms with Crippen LogP contribution in [0.1, 0.15) is 31.2 Å². The number of benzene rings is 2. The molecule has 0 spiro atoms. The van der Waals surface area contributed by atoms with Gasteiger partial charge in [0.1, 0.15) is 11.6 Å². The highest BCUT2D eigenvalue weighted by Crippen LogP contribution is 2.47. The van der Waals surface area contributed by atoms with Crippen molar-refractivity contribution in [3.63, 3.8) is 0 Å². The Bertz CT molecular complexity index is 1990. The SMILES string of the molecule is COC(=O)C1C2CCC(CC2)C1Nc1nc(-c2cn(S(=O)(=O)c3ccc(C)cc3)c3ncc(F)cc23)nc2ccccc12. The molecule has 1 N–H and O–H groups in total. The number of nitrogens with one attached hydrogen (secondary N) is 1. The summed E-state index contributed by atoms with van der Waals surface area (Å²) in [6, 6.07) is 15.1. The van der Waals surface area contributed by atoms with Crippen LogP contribution in [-0.4, -0.2) is 46.5 Å². The Labute approximate surface area is 248 Å². The largest absolute Gasteiger partial charge is 0.469 e. The molecule has 0 radical (unpaired) electrons. The third-order valence-corrected chi connectivity index (χ3v) is 10.7. The van der Waals surface area contributed by atoms with E-state index in [0.717, 1.165) is 46.8 Å². The molecule has 3 aliphatic rings. The van der Waals surface area contributed by atoms with Crippen LogP contribution < -0.4 is 5.32 Å². The zero-order chi connectivity index (χ0) is 29.9. The lowest BCUT2D eigenvalue weighted by Crippen LogP contribution is -2.51. The summed E-state index contributed by atoms with van der Waals surface area (Å²) in [6.45, 7) is 1.87. The fourth-order valence-electron chi connectivity index (χ4n) is 6.84. The molecule has 8 rings (SSSR count). The number of carbonyl (C=O) groups is 1. The van der Waals surface area contributed by atoms with Gasteiger partial charge in [-0.2, -0.15) is 0 Å². The minimum Gasteiger partial charge on any atom is -0.469 e. The number of esters is 1. The number of para-hydroxylation sites is 1. The molecule has 3 saturated carbocycles. The Morgan fingerprint density at radius 2 is 1.72 bits per heavy atom. The zero-order valence-corrected chi connectivity index (χ0v) is 24.5. The van der Waals surface area contributed by atoms with Crippen molar-refractivity contribution in [3.8, 4) is 11.4 Å². The average Bonchev–Trinajstić information content (AvgIpc) is 3.41. The summed E-state index contributed by atoms with van der Waals surface area (Å²) in [4.78, 5) is 26.8. The minimum atomic E-state index is -4.07. The van der Waals surface area contributed by atoms with Gasteiger partial charge in [-0.05, 0) is 74.8 Å². The highest BCUT2D eigenvalue weighted by molar-refractivity contribution is 7.90. The van der Waals surface area contributed by atoms with Crippen LogP contribution in [0.5, 0.6) is 0 Å². The molecule has 11 heteroatoms. The van der Waals surface area contributed by atoms with Crippen LogP contribution >= 0.6 is 0 Å². The van der Waals surface area contributed by atoms with Gasteiger partial charge in [0, 0.05) is 28.6 Å². The number of carbonyl (C=O) groups excluding carboxylic acids is 1. The number of aromatic nitrogens is 4. The molecule has 43 heavy (non-hydrogen) atoms. The number of halogens is 1. The summed E-state index contributed by atoms with van der Waals surface area (Å²) in [5.74, 6) is 0.127. The van der Waals surface area contributed by atoms with Crippen molar-refractivity contribution < 1.29 is 22.3 Å². The lowest BCUT2D eigenvalue weighted by molar-refractivity contribution is -0.152. The molecular formula is C32H30FN5O4S. The summed E-state index contributed by atoms with van der Waals surface area (Å²) in [7, 11) is -2.65. The van der Waals surface area contributed by atoms with Crippen molar-refractivity contribution in [3.05, 3.63) is 78.4 Å². The molecule has 0 amide bonds. The van der Waals surface area contributed by atoms with Crippen molar-refractivity contribution in [2.24, 2.45) is 17.8 Å². The van der Waals surface area contributed by atoms with Crippen LogP contribution in [0.3, 0.4) is 0 Å². The van der Waals surface area contributed by atoms with Gasteiger partial charge in [-0.1, -0.05) is 29.8 Å². The molecule has 0 saturated heterocycles. The molecule has 2 aromatic carbocycles. The van der Waals surface area contributed by atoms with Gasteiger partial charge in [-0.3, -0.25) is 4.79 Å². The fraction of sp³-hybridized carbons (Fsp3) is 0.312. The van der Waals surface area contributed by atoms with E-state index in [1.807, 2.05) is 31.2 Å². The van der Waals surface area contributed by atoms with Gasteiger partial charge in [0.2, 0.25) is 0 Å². The second-order valence-corrected chi connectivity index (χ2v) is 13.3. The molecular weight excluding hydrogens is 569 g/mol. The highest BCUT2D eigenvalue weighted by Gasteiger charge is 2.48. The van der Waals surface area contributed by atoms with Gasteiger partial charge >= 0.3 is 5.97 Å². The molecule has 3 aromatic heterocycles. The molecule has 3 heterocycles. The first kappa shape index (κ1) is 27.5. The van der Waals surface area contributed by atoms with Crippen molar-refractivity contribution in [1.82, 2.24) is 18.9 Å². The van der Waals surface area contributed by atoms with E-state index >= 15 is 0 Å². The van der Waals surface area contributed by atoms with Crippen molar-refractivity contribution in [1.29, 1.82) is 0 Å². The summed E-state index contributed by atoms with van der Waals surface area (Å²) < 4.78 is 48.4. The number of aryl methyl sites for hydroxylation is 1. The number of anilines is 1. The molecule has 2 unspecified atom stereocenters. The lowest BCUT2D eigenvalue weighted by Gasteiger charge is -2.47. The monoisotopic (exact) mass is 599 g/mol. The van der Waals surface area contributed by atoms with E-state index < -0.39 is 15.8 Å². The number of nitrogens with zero attached hydrogens (tertiary/aromatic N) is 4. The Kier molecular flexibility index (Phi) is 6.65. The van der Waals surface area contributed by atoms with Crippen LogP contribution in [0, 0.1) is 30.5 Å². The van der Waals surface area contributed by atoms with Gasteiger partial charge < -0.3 is 10.1 Å². The topological polar surface area (TPSA) is 116 Å². The molecule has 220 valence electrons. The molecule has 3 fully saturated rings. The smallest absolute Gasteiger partial charge is 0.311 e. The summed E-state index contributed by atoms with van der Waals surface area (Å²) in [6.07, 6.45) is 6.41. The number of hydrogen-bond acceptors (Lipinski definition) is 8. The second kappa shape index (κ2) is 10.4. The second-order valence-electron chi connectivity index (χ2n) is 11.5. The van der Waals surface area contributed by atoms with E-state index in [1.165, 1.54) is 31.5 Å². The van der Waals surface area contributed by atoms with Gasteiger partial charge in [-0.15, -0.1) is 0 Å². The van der Waals surface area contributed by atoms with Gasteiger partial charge in [0.15, 0.2) is 11.5 Å². The Balaban J connectivity index is 1.39. The minimum absolute atomic E-state index is 0.0681. The maximum atomic E-state index is 14.6. The van der Waals surface area contributed by atoms with E-state index in [9.17, 15) is 17.6 Å². The molecule has 2 atom stereocenters. The third kappa shape index (κ3) is 4.62. The number of fused-ring (bicyclic) bond motifs is 5. The Hall–Kier alpha value is -4.38. The quantitative estimate of drug-likeness (QED) is 0.247. The summed E-state index contributed by atoms with van der Waals surface area (Å²) >= 11 is 0. The van der Waals surface area contributed by atoms with E-state index in [2.05, 4.69) is 10.3 Å². The Morgan fingerprint density at radius 1 is 1.00 bits per heavy atom. The number of methoxy groups -OCH3 is 1. The van der Waals surface area contributed by atoms with Crippen LogP contribution in [0.25, 0.3) is 33.3 Å². The van der Waals surface area contributed by atoms with Crippen LogP contribution in [0.2, 0.25) is 0 Å². The number of ether oxygens (including phenoxy) is 1. The van der Waals surface area contributed by atoms with Gasteiger partial charge in [0.25, 0.3) is 10.0 Å². The van der Waals surface area contributed by atoms with Crippen LogP contribution in [-0.2, 0) is 19.6 Å². The molecule has 2 bridgehead atoms. The number of rotatable bonds is 6. The summed E-state index contributed by atoms with van der Waals surface area (Å²) in [5.41, 5.74) is 1.93. The maximum Gasteiger partial charge on any atom is 0.311 e. The number of pyridine rings is 1. The maximum absolute atomic E-state index is 14.6. The molecule has 3 aliphatic carbocycles. The molecule has 9 nitrogen and oxygen atoms in total. The van der Waals surface area contributed by atoms with E-state index in [4.69, 9.17) is 14.7 Å². The van der Waals surface area contributed by atoms with Crippen molar-refractivity contribution in [2.75, 3.05) is 12.4 Å². The van der Waals surface area contributed by atoms with Crippen molar-refractivity contribution in [2.45, 2.75) is 43.5 Å². The van der Waals surface area contributed by atoms with Crippen molar-refractivity contribution >= 4 is 43.7 Å². The van der Waals surface area contributed by atoms with Gasteiger partial charge in [-0.25, -0.2) is 31.7 Å². The van der Waals surface area contributed by atoms with E-state index in [1.54, 1.807) is 12.1 Å². The lowest BCUT2D eigenvalue weighted by atomic mass is 9.61. The summed E-state index contributed by atoms with van der Waals surface area (Å²) in [5, 5.41) is 4.62. The predicted molar refractivity (Wildman–Crippen MR) is 160 cm³/mol. The zero-order valence-electron chi connectivity index (χ0n) is 23.7. The van der Waals surface area contributed by atoms with Crippen LogP contribution in [0.4, 0.5) is 10.2 Å². The normalized spacial score (nSPS) is 21.7. The third-order valence-electron chi connectivity index (χ3n) is 9.00. The average molecular weight is 600 g/mol. The first-order valence-electron chi connectivity index (χ1n) is 14.3. The fourth-order valence-corrected chi connectivity index (χ4v) is 8.16. The molecule has 0 aliphatic heterocycles. The van der Waals surface area contributed by atoms with E-state index in [0.29, 0.717) is 16.9 Å². The first-order chi connectivity index (χ1) is 20.7. The highest BCUT2D eigenvalue weighted by atomic mass is 32.2. The van der Waals surface area contributed by atoms with E-state index in [-0.39, 0.29) is 51.5 Å². The van der Waals surface area contributed by atoms with Gasteiger partial charge in [0.05, 0.1) is 29.6 Å².